The van der Waals surface area contributed by atoms with Crippen LogP contribution in [0.2, 0.25) is 0 Å². The van der Waals surface area contributed by atoms with Gasteiger partial charge in [-0.25, -0.2) is 11.8 Å². The van der Waals surface area contributed by atoms with Crippen molar-refractivity contribution >= 4 is 0 Å². The second-order valence-electron chi connectivity index (χ2n) is 4.02. The van der Waals surface area contributed by atoms with Crippen LogP contribution in [-0.4, -0.2) is 12.2 Å². The third kappa shape index (κ3) is 4.81. The molecule has 0 saturated carbocycles. The van der Waals surface area contributed by atoms with Crippen LogP contribution in [0.3, 0.4) is 0 Å². The molecule has 0 fully saturated rings. The summed E-state index contributed by atoms with van der Waals surface area (Å²) in [6.45, 7) is 5.61. The van der Waals surface area contributed by atoms with Crippen LogP contribution in [0.25, 0.3) is 0 Å². The second-order valence-corrected chi connectivity index (χ2v) is 4.02. The molecule has 0 aromatic carbocycles. The van der Waals surface area contributed by atoms with E-state index in [2.05, 4.69) is 17.5 Å². The zero-order chi connectivity index (χ0) is 13.4. The maximum absolute atomic E-state index is 5.12. The first-order valence-corrected chi connectivity index (χ1v) is 5.81. The van der Waals surface area contributed by atoms with Gasteiger partial charge in [-0.1, -0.05) is 43.0 Å². The molecule has 0 saturated heterocycles. The van der Waals surface area contributed by atoms with Crippen LogP contribution in [0.15, 0.2) is 60.3 Å². The molecule has 0 bridgehead atoms. The largest absolute Gasteiger partial charge is 0.297 e. The minimum absolute atomic E-state index is 0.0257. The lowest BCUT2D eigenvalue weighted by molar-refractivity contribution is 0.0878. The monoisotopic (exact) mass is 248 g/mol. The Bertz CT molecular complexity index is 395. The van der Waals surface area contributed by atoms with Gasteiger partial charge >= 0.3 is 0 Å². The molecular weight excluding hydrogens is 228 g/mol. The highest BCUT2D eigenvalue weighted by molar-refractivity contribution is 5.40. The molecule has 0 amide bonds. The first kappa shape index (κ1) is 14.6. The molecule has 2 unspecified atom stereocenters. The van der Waals surface area contributed by atoms with E-state index in [9.17, 15) is 0 Å². The Labute approximate surface area is 108 Å². The molecule has 0 spiro atoms. The van der Waals surface area contributed by atoms with Crippen molar-refractivity contribution in [2.45, 2.75) is 25.6 Å². The summed E-state index contributed by atoms with van der Waals surface area (Å²) >= 11 is 0. The van der Waals surface area contributed by atoms with Crippen molar-refractivity contribution < 1.29 is 9.68 Å². The van der Waals surface area contributed by atoms with E-state index in [0.717, 1.165) is 17.6 Å². The Balaban J connectivity index is 2.64. The van der Waals surface area contributed by atoms with Crippen LogP contribution in [0, 0.1) is 0 Å². The van der Waals surface area contributed by atoms with E-state index in [1.807, 2.05) is 37.3 Å². The Morgan fingerprint density at radius 2 is 2.33 bits per heavy atom. The number of hydrogen-bond acceptors (Lipinski definition) is 4. The van der Waals surface area contributed by atoms with E-state index in [0.29, 0.717) is 0 Å². The Kier molecular flexibility index (Phi) is 6.32. The molecule has 0 radical (unpaired) electrons. The highest BCUT2D eigenvalue weighted by Gasteiger charge is 2.05. The molecule has 0 aromatic heterocycles. The fraction of sp³-hybridized carbons (Fsp3) is 0.286. The zero-order valence-corrected chi connectivity index (χ0v) is 10.6. The first-order valence-electron chi connectivity index (χ1n) is 5.81. The van der Waals surface area contributed by atoms with Gasteiger partial charge in [0.1, 0.15) is 6.10 Å². The van der Waals surface area contributed by atoms with Gasteiger partial charge in [0.15, 0.2) is 0 Å². The molecule has 0 heterocycles. The van der Waals surface area contributed by atoms with Gasteiger partial charge in [-0.05, 0) is 30.6 Å². The van der Waals surface area contributed by atoms with Gasteiger partial charge in [-0.15, -0.1) is 0 Å². The van der Waals surface area contributed by atoms with Crippen LogP contribution in [-0.2, 0) is 9.68 Å². The number of hydrogen-bond donors (Lipinski definition) is 2. The van der Waals surface area contributed by atoms with Crippen molar-refractivity contribution in [3.05, 3.63) is 60.3 Å². The topological polar surface area (TPSA) is 70.5 Å². The van der Waals surface area contributed by atoms with E-state index < -0.39 is 0 Å². The van der Waals surface area contributed by atoms with Crippen molar-refractivity contribution in [3.8, 4) is 0 Å². The Hall–Kier alpha value is -1.46. The number of allylic oxidation sites excluding steroid dienone is 6. The van der Waals surface area contributed by atoms with Crippen LogP contribution in [0.1, 0.15) is 13.3 Å². The van der Waals surface area contributed by atoms with Crippen molar-refractivity contribution in [2.75, 3.05) is 0 Å². The van der Waals surface area contributed by atoms with Crippen molar-refractivity contribution in [3.63, 3.8) is 0 Å². The summed E-state index contributed by atoms with van der Waals surface area (Å²) in [5.41, 5.74) is 2.07. The maximum Gasteiger partial charge on any atom is 0.101 e. The zero-order valence-electron chi connectivity index (χ0n) is 10.6. The molecule has 2 atom stereocenters. The third-order valence-corrected chi connectivity index (χ3v) is 2.61. The van der Waals surface area contributed by atoms with Crippen LogP contribution in [0.5, 0.6) is 0 Å². The molecule has 1 aliphatic carbocycles. The van der Waals surface area contributed by atoms with E-state index in [1.54, 1.807) is 6.08 Å². The normalized spacial score (nSPS) is 22.1. The molecule has 0 aliphatic heterocycles. The SMILES string of the molecule is C=CC(/C=C/C1=CCC(ON)C=C1)=C\C(C)ON. The molecule has 1 aliphatic rings. The van der Waals surface area contributed by atoms with Gasteiger partial charge in [-0.2, -0.15) is 0 Å². The summed E-state index contributed by atoms with van der Waals surface area (Å²) in [7, 11) is 0. The van der Waals surface area contributed by atoms with Gasteiger partial charge < -0.3 is 0 Å². The molecule has 4 N–H and O–H groups in total. The molecule has 98 valence electrons. The summed E-state index contributed by atoms with van der Waals surface area (Å²) in [4.78, 5) is 9.43. The summed E-state index contributed by atoms with van der Waals surface area (Å²) in [6.07, 6.45) is 14.2. The molecule has 4 nitrogen and oxygen atoms in total. The maximum atomic E-state index is 5.12. The second kappa shape index (κ2) is 7.79. The number of nitrogens with two attached hydrogens (primary N) is 2. The van der Waals surface area contributed by atoms with E-state index in [-0.39, 0.29) is 12.2 Å². The Morgan fingerprint density at radius 1 is 1.56 bits per heavy atom. The number of rotatable bonds is 6. The molecule has 0 aromatic rings. The quantitative estimate of drug-likeness (QED) is 0.557. The molecule has 18 heavy (non-hydrogen) atoms. The lowest BCUT2D eigenvalue weighted by atomic mass is 10.0. The molecular formula is C14H20N2O2. The smallest absolute Gasteiger partial charge is 0.101 e. The average molecular weight is 248 g/mol. The lowest BCUT2D eigenvalue weighted by Gasteiger charge is -2.11. The predicted octanol–water partition coefficient (Wildman–Crippen LogP) is 2.08. The predicted molar refractivity (Wildman–Crippen MR) is 73.1 cm³/mol. The van der Waals surface area contributed by atoms with Crippen molar-refractivity contribution in [1.82, 2.24) is 0 Å². The standard InChI is InChI=1S/C14H20N2O2/c1-3-12(10-11(2)17-15)4-5-13-6-8-14(18-16)9-7-13/h3-8,10-11,14H,1,9,15-16H2,2H3/b5-4+,12-10+. The highest BCUT2D eigenvalue weighted by atomic mass is 16.6. The first-order chi connectivity index (χ1) is 8.69. The van der Waals surface area contributed by atoms with E-state index in [1.165, 1.54) is 0 Å². The fourth-order valence-corrected chi connectivity index (χ4v) is 1.54. The lowest BCUT2D eigenvalue weighted by Crippen LogP contribution is -2.15. The van der Waals surface area contributed by atoms with Gasteiger partial charge in [0.25, 0.3) is 0 Å². The average Bonchev–Trinajstić information content (AvgIpc) is 2.43. The van der Waals surface area contributed by atoms with Crippen molar-refractivity contribution in [1.29, 1.82) is 0 Å². The molecule has 4 heteroatoms. The van der Waals surface area contributed by atoms with Gasteiger partial charge in [0, 0.05) is 0 Å². The van der Waals surface area contributed by atoms with E-state index in [4.69, 9.17) is 16.6 Å². The fourth-order valence-electron chi connectivity index (χ4n) is 1.54. The van der Waals surface area contributed by atoms with Crippen LogP contribution in [0.4, 0.5) is 0 Å². The summed E-state index contributed by atoms with van der Waals surface area (Å²) < 4.78 is 0. The minimum Gasteiger partial charge on any atom is -0.297 e. The summed E-state index contributed by atoms with van der Waals surface area (Å²) in [6, 6.07) is 0. The van der Waals surface area contributed by atoms with Gasteiger partial charge in [-0.3, -0.25) is 9.68 Å². The summed E-state index contributed by atoms with van der Waals surface area (Å²) in [5.74, 6) is 10.2. The highest BCUT2D eigenvalue weighted by Crippen LogP contribution is 2.14. The van der Waals surface area contributed by atoms with E-state index >= 15 is 0 Å². The van der Waals surface area contributed by atoms with Crippen LogP contribution >= 0.6 is 0 Å². The minimum atomic E-state index is -0.145. The van der Waals surface area contributed by atoms with Gasteiger partial charge in [0.2, 0.25) is 0 Å². The van der Waals surface area contributed by atoms with Gasteiger partial charge in [0.05, 0.1) is 6.10 Å². The third-order valence-electron chi connectivity index (χ3n) is 2.61. The van der Waals surface area contributed by atoms with Crippen LogP contribution < -0.4 is 11.8 Å². The van der Waals surface area contributed by atoms with Crippen molar-refractivity contribution in [2.24, 2.45) is 11.8 Å². The Morgan fingerprint density at radius 3 is 2.83 bits per heavy atom. The molecule has 1 rings (SSSR count). The summed E-state index contributed by atoms with van der Waals surface area (Å²) in [5, 5.41) is 0.